The zero-order chi connectivity index (χ0) is 21.4. The highest BCUT2D eigenvalue weighted by atomic mass is 35.5. The number of carbonyl (C=O) groups is 2. The van der Waals surface area contributed by atoms with Crippen molar-refractivity contribution in [3.05, 3.63) is 63.9 Å². The minimum absolute atomic E-state index is 0.0655. The average molecular weight is 441 g/mol. The van der Waals surface area contributed by atoms with Crippen LogP contribution in [-0.4, -0.2) is 35.9 Å². The van der Waals surface area contributed by atoms with Gasteiger partial charge in [-0.05, 0) is 37.6 Å². The fraction of sp³-hybridized carbons (Fsp3) is 0.333. The lowest BCUT2D eigenvalue weighted by Crippen LogP contribution is -2.49. The molecule has 0 saturated heterocycles. The highest BCUT2D eigenvalue weighted by Crippen LogP contribution is 2.27. The Morgan fingerprint density at radius 2 is 1.93 bits per heavy atom. The first-order chi connectivity index (χ1) is 13.8. The van der Waals surface area contributed by atoms with Gasteiger partial charge in [0.25, 0.3) is 5.91 Å². The van der Waals surface area contributed by atoms with E-state index in [0.29, 0.717) is 22.9 Å². The van der Waals surface area contributed by atoms with Gasteiger partial charge in [-0.25, -0.2) is 4.39 Å². The van der Waals surface area contributed by atoms with E-state index in [9.17, 15) is 14.0 Å². The molecule has 8 heteroatoms. The van der Waals surface area contributed by atoms with Crippen LogP contribution in [0.1, 0.15) is 25.8 Å². The van der Waals surface area contributed by atoms with Crippen molar-refractivity contribution in [2.24, 2.45) is 0 Å². The first-order valence-electron chi connectivity index (χ1n) is 9.22. The largest absolute Gasteiger partial charge is 0.482 e. The fourth-order valence-electron chi connectivity index (χ4n) is 2.60. The first kappa shape index (κ1) is 23.0. The van der Waals surface area contributed by atoms with E-state index in [2.05, 4.69) is 5.32 Å². The summed E-state index contributed by atoms with van der Waals surface area (Å²) >= 11 is 11.9. The van der Waals surface area contributed by atoms with Crippen molar-refractivity contribution in [1.29, 1.82) is 0 Å². The van der Waals surface area contributed by atoms with Crippen LogP contribution in [0.15, 0.2) is 42.5 Å². The third-order valence-electron chi connectivity index (χ3n) is 4.26. The molecule has 2 aromatic rings. The van der Waals surface area contributed by atoms with E-state index in [4.69, 9.17) is 27.9 Å². The Morgan fingerprint density at radius 3 is 2.59 bits per heavy atom. The number of hydrogen-bond acceptors (Lipinski definition) is 3. The summed E-state index contributed by atoms with van der Waals surface area (Å²) in [6.07, 6.45) is 0.762. The maximum Gasteiger partial charge on any atom is 0.261 e. The van der Waals surface area contributed by atoms with Gasteiger partial charge in [0.1, 0.15) is 17.6 Å². The van der Waals surface area contributed by atoms with E-state index in [1.54, 1.807) is 37.3 Å². The van der Waals surface area contributed by atoms with Crippen molar-refractivity contribution in [2.75, 3.05) is 13.2 Å². The third kappa shape index (κ3) is 6.61. The van der Waals surface area contributed by atoms with Crippen LogP contribution in [0.4, 0.5) is 4.39 Å². The van der Waals surface area contributed by atoms with Crippen molar-refractivity contribution in [1.82, 2.24) is 10.2 Å². The van der Waals surface area contributed by atoms with E-state index < -0.39 is 17.8 Å². The summed E-state index contributed by atoms with van der Waals surface area (Å²) in [4.78, 5) is 26.6. The molecule has 0 radical (unpaired) electrons. The zero-order valence-corrected chi connectivity index (χ0v) is 17.8. The lowest BCUT2D eigenvalue weighted by Gasteiger charge is -2.29. The molecule has 0 aliphatic rings. The Labute approximate surface area is 179 Å². The molecule has 1 N–H and O–H groups in total. The van der Waals surface area contributed by atoms with E-state index in [1.807, 2.05) is 6.92 Å². The number of ether oxygens (including phenoxy) is 1. The molecule has 2 amide bonds. The number of amides is 2. The molecule has 29 heavy (non-hydrogen) atoms. The SMILES string of the molecule is CCCNC(=O)[C@@H](C)N(Cc1ccccc1F)C(=O)COc1ccc(Cl)cc1Cl. The highest BCUT2D eigenvalue weighted by molar-refractivity contribution is 6.35. The molecule has 156 valence electrons. The minimum Gasteiger partial charge on any atom is -0.482 e. The number of nitrogens with one attached hydrogen (secondary N) is 1. The fourth-order valence-corrected chi connectivity index (χ4v) is 3.07. The van der Waals surface area contributed by atoms with E-state index in [-0.39, 0.29) is 24.1 Å². The number of nitrogens with zero attached hydrogens (tertiary/aromatic N) is 1. The van der Waals surface area contributed by atoms with Crippen LogP contribution in [0.3, 0.4) is 0 Å². The summed E-state index contributed by atoms with van der Waals surface area (Å²) in [6.45, 7) is 3.59. The van der Waals surface area contributed by atoms with E-state index in [0.717, 1.165) is 6.42 Å². The van der Waals surface area contributed by atoms with Crippen LogP contribution in [0, 0.1) is 5.82 Å². The Bertz CT molecular complexity index is 864. The number of halogens is 3. The molecule has 0 heterocycles. The summed E-state index contributed by atoms with van der Waals surface area (Å²) in [5.41, 5.74) is 0.306. The molecule has 0 aliphatic carbocycles. The minimum atomic E-state index is -0.807. The van der Waals surface area contributed by atoms with Gasteiger partial charge in [0.05, 0.1) is 5.02 Å². The monoisotopic (exact) mass is 440 g/mol. The van der Waals surface area contributed by atoms with Gasteiger partial charge in [0.15, 0.2) is 6.61 Å². The van der Waals surface area contributed by atoms with Crippen LogP contribution < -0.4 is 10.1 Å². The van der Waals surface area contributed by atoms with Crippen LogP contribution in [0.25, 0.3) is 0 Å². The Morgan fingerprint density at radius 1 is 1.21 bits per heavy atom. The summed E-state index contributed by atoms with van der Waals surface area (Å²) in [7, 11) is 0. The highest BCUT2D eigenvalue weighted by Gasteiger charge is 2.27. The molecule has 5 nitrogen and oxygen atoms in total. The van der Waals surface area contributed by atoms with Gasteiger partial charge < -0.3 is 15.0 Å². The van der Waals surface area contributed by atoms with E-state index >= 15 is 0 Å². The summed E-state index contributed by atoms with van der Waals surface area (Å²) in [5.74, 6) is -0.953. The van der Waals surface area contributed by atoms with Crippen molar-refractivity contribution < 1.29 is 18.7 Å². The maximum atomic E-state index is 14.1. The normalized spacial score (nSPS) is 11.6. The molecule has 0 bridgehead atoms. The second kappa shape index (κ2) is 11.0. The topological polar surface area (TPSA) is 58.6 Å². The van der Waals surface area contributed by atoms with Crippen molar-refractivity contribution in [3.8, 4) is 5.75 Å². The number of rotatable bonds is 9. The molecule has 2 aromatic carbocycles. The van der Waals surface area contributed by atoms with Crippen LogP contribution >= 0.6 is 23.2 Å². The third-order valence-corrected chi connectivity index (χ3v) is 4.79. The van der Waals surface area contributed by atoms with Gasteiger partial charge in [-0.15, -0.1) is 0 Å². The van der Waals surface area contributed by atoms with Gasteiger partial charge in [-0.1, -0.05) is 48.3 Å². The van der Waals surface area contributed by atoms with Crippen molar-refractivity contribution in [2.45, 2.75) is 32.9 Å². The van der Waals surface area contributed by atoms with Crippen LogP contribution in [0.5, 0.6) is 5.75 Å². The number of carbonyl (C=O) groups excluding carboxylic acids is 2. The molecule has 0 aromatic heterocycles. The predicted molar refractivity (Wildman–Crippen MR) is 112 cm³/mol. The van der Waals surface area contributed by atoms with Crippen molar-refractivity contribution in [3.63, 3.8) is 0 Å². The van der Waals surface area contributed by atoms with Crippen molar-refractivity contribution >= 4 is 35.0 Å². The predicted octanol–water partition coefficient (Wildman–Crippen LogP) is 4.45. The van der Waals surface area contributed by atoms with Crippen LogP contribution in [-0.2, 0) is 16.1 Å². The first-order valence-corrected chi connectivity index (χ1v) is 9.97. The Hall–Kier alpha value is -2.31. The standard InChI is InChI=1S/C21H23Cl2FN2O3/c1-3-10-25-21(28)14(2)26(12-15-6-4-5-7-18(15)24)20(27)13-29-19-9-8-16(22)11-17(19)23/h4-9,11,14H,3,10,12-13H2,1-2H3,(H,25,28)/t14-/m1/s1. The number of benzene rings is 2. The number of hydrogen-bond donors (Lipinski definition) is 1. The quantitative estimate of drug-likeness (QED) is 0.626. The lowest BCUT2D eigenvalue weighted by atomic mass is 10.1. The van der Waals surface area contributed by atoms with Gasteiger partial charge in [-0.2, -0.15) is 0 Å². The van der Waals surface area contributed by atoms with Gasteiger partial charge in [0, 0.05) is 23.7 Å². The maximum absolute atomic E-state index is 14.1. The summed E-state index contributed by atoms with van der Waals surface area (Å²) in [5, 5.41) is 3.46. The Balaban J connectivity index is 2.17. The molecular formula is C21H23Cl2FN2O3. The smallest absolute Gasteiger partial charge is 0.261 e. The Kier molecular flexibility index (Phi) is 8.73. The lowest BCUT2D eigenvalue weighted by molar-refractivity contribution is -0.142. The molecule has 0 spiro atoms. The molecule has 0 saturated carbocycles. The van der Waals surface area contributed by atoms with Gasteiger partial charge in [0.2, 0.25) is 5.91 Å². The van der Waals surface area contributed by atoms with Gasteiger partial charge >= 0.3 is 0 Å². The summed E-state index contributed by atoms with van der Waals surface area (Å²) < 4.78 is 19.6. The van der Waals surface area contributed by atoms with Gasteiger partial charge in [-0.3, -0.25) is 9.59 Å². The molecular weight excluding hydrogens is 418 g/mol. The molecule has 1 atom stereocenters. The second-order valence-electron chi connectivity index (χ2n) is 6.44. The molecule has 0 fully saturated rings. The molecule has 0 unspecified atom stereocenters. The average Bonchev–Trinajstić information content (AvgIpc) is 2.70. The second-order valence-corrected chi connectivity index (χ2v) is 7.29. The summed E-state index contributed by atoms with van der Waals surface area (Å²) in [6, 6.07) is 9.95. The zero-order valence-electron chi connectivity index (χ0n) is 16.3. The molecule has 2 rings (SSSR count). The van der Waals surface area contributed by atoms with E-state index in [1.165, 1.54) is 17.0 Å². The van der Waals surface area contributed by atoms with Crippen LogP contribution in [0.2, 0.25) is 10.0 Å². The molecule has 0 aliphatic heterocycles.